The van der Waals surface area contributed by atoms with Crippen LogP contribution in [0.1, 0.15) is 30.1 Å². The Hall–Kier alpha value is -2.59. The number of nitrogen functional groups attached to an aromatic ring is 1. The van der Waals surface area contributed by atoms with Gasteiger partial charge in [-0.15, -0.1) is 0 Å². The molecule has 1 saturated carbocycles. The lowest BCUT2D eigenvalue weighted by atomic mass is 9.80. The first kappa shape index (κ1) is 21.9. The number of hydrogen-bond acceptors (Lipinski definition) is 7. The number of hydrogen-bond donors (Lipinski definition) is 3. The van der Waals surface area contributed by atoms with Gasteiger partial charge in [0, 0.05) is 22.4 Å². The first-order valence-corrected chi connectivity index (χ1v) is 12.2. The highest BCUT2D eigenvalue weighted by Crippen LogP contribution is 2.52. The number of nitrogens with zero attached hydrogens (tertiary/aromatic N) is 4. The van der Waals surface area contributed by atoms with E-state index in [4.69, 9.17) is 10.5 Å². The summed E-state index contributed by atoms with van der Waals surface area (Å²) < 4.78 is 8.95. The van der Waals surface area contributed by atoms with Crippen LogP contribution in [0.5, 0.6) is 0 Å². The number of nitrogens with two attached hydrogens (primary N) is 1. The minimum Gasteiger partial charge on any atom is -0.390 e. The molecule has 1 aliphatic carbocycles. The Morgan fingerprint density at radius 1 is 1.21 bits per heavy atom. The van der Waals surface area contributed by atoms with Crippen molar-refractivity contribution in [2.24, 2.45) is 5.41 Å². The normalized spacial score (nSPS) is 29.1. The van der Waals surface area contributed by atoms with Crippen molar-refractivity contribution in [3.05, 3.63) is 58.6 Å². The fraction of sp³-hybridized carbons (Fsp3) is 0.400. The lowest BCUT2D eigenvalue weighted by Gasteiger charge is -2.26. The van der Waals surface area contributed by atoms with Gasteiger partial charge in [-0.05, 0) is 65.9 Å². The number of fused-ring (bicyclic) bond motifs is 2. The highest BCUT2D eigenvalue weighted by Gasteiger charge is 2.57. The molecule has 8 nitrogen and oxygen atoms in total. The summed E-state index contributed by atoms with van der Waals surface area (Å²) in [6.45, 7) is 2.37. The molecule has 3 aromatic heterocycles. The summed E-state index contributed by atoms with van der Waals surface area (Å²) in [6, 6.07) is 9.84. The molecule has 1 aromatic carbocycles. The highest BCUT2D eigenvalue weighted by atomic mass is 79.9. The standard InChI is InChI=1S/C25H26BrN5O3/c1-13-17-4-5-31(24(17)29-12-28-13)20-10-25(22(33)21(20)32)9-16(34-11-25)6-14-2-3-15-8-18(26)23(27)30-19(15)7-14/h2-5,7-8,12,16,20-22,32-33H,6,9-11H2,1H3,(H2,27,30)/t16-,20+,21-,22-,25-/m0/s1. The molecule has 34 heavy (non-hydrogen) atoms. The Kier molecular flexibility index (Phi) is 5.14. The molecule has 6 rings (SSSR count). The Bertz CT molecular complexity index is 1410. The van der Waals surface area contributed by atoms with E-state index in [1.165, 1.54) is 0 Å². The molecule has 0 bridgehead atoms. The second-order valence-electron chi connectivity index (χ2n) is 9.71. The molecule has 1 spiro atoms. The average Bonchev–Trinajstić information content (AvgIpc) is 3.49. The monoisotopic (exact) mass is 523 g/mol. The number of halogens is 1. The highest BCUT2D eigenvalue weighted by molar-refractivity contribution is 9.10. The molecule has 0 radical (unpaired) electrons. The van der Waals surface area contributed by atoms with Gasteiger partial charge in [0.05, 0.1) is 40.5 Å². The van der Waals surface area contributed by atoms with Gasteiger partial charge in [0.2, 0.25) is 0 Å². The first-order valence-electron chi connectivity index (χ1n) is 11.5. The zero-order valence-electron chi connectivity index (χ0n) is 18.7. The van der Waals surface area contributed by atoms with Gasteiger partial charge < -0.3 is 25.3 Å². The zero-order chi connectivity index (χ0) is 23.6. The summed E-state index contributed by atoms with van der Waals surface area (Å²) in [6.07, 6.45) is 3.70. The summed E-state index contributed by atoms with van der Waals surface area (Å²) in [7, 11) is 0. The van der Waals surface area contributed by atoms with E-state index in [-0.39, 0.29) is 12.1 Å². The third kappa shape index (κ3) is 3.41. The third-order valence-electron chi connectivity index (χ3n) is 7.59. The SMILES string of the molecule is Cc1ncnc2c1ccn2[C@@H]1C[C@@]2(CO[C@@H](Cc3ccc4cc(Br)c(N)nc4c3)C2)[C@@H](O)[C@H]1O. The minimum absolute atomic E-state index is 0.0446. The lowest BCUT2D eigenvalue weighted by molar-refractivity contribution is -0.0308. The van der Waals surface area contributed by atoms with Crippen LogP contribution >= 0.6 is 15.9 Å². The van der Waals surface area contributed by atoms with E-state index in [1.807, 2.05) is 42.0 Å². The van der Waals surface area contributed by atoms with Gasteiger partial charge in [-0.1, -0.05) is 12.1 Å². The molecule has 2 aliphatic rings. The largest absolute Gasteiger partial charge is 0.390 e. The number of aliphatic hydroxyl groups is 2. The van der Waals surface area contributed by atoms with Gasteiger partial charge in [-0.25, -0.2) is 15.0 Å². The molecule has 176 valence electrons. The number of ether oxygens (including phenoxy) is 1. The van der Waals surface area contributed by atoms with Gasteiger partial charge in [-0.2, -0.15) is 0 Å². The molecular weight excluding hydrogens is 498 g/mol. The number of benzene rings is 1. The Balaban J connectivity index is 1.23. The van der Waals surface area contributed by atoms with Crippen LogP contribution in [0.2, 0.25) is 0 Å². The molecule has 4 heterocycles. The van der Waals surface area contributed by atoms with E-state index in [1.54, 1.807) is 6.33 Å². The fourth-order valence-corrected chi connectivity index (χ4v) is 6.12. The van der Waals surface area contributed by atoms with Crippen molar-refractivity contribution < 1.29 is 14.9 Å². The van der Waals surface area contributed by atoms with Crippen LogP contribution in [0.25, 0.3) is 21.9 Å². The maximum atomic E-state index is 11.1. The van der Waals surface area contributed by atoms with Crippen LogP contribution in [0, 0.1) is 12.3 Å². The van der Waals surface area contributed by atoms with E-state index < -0.39 is 17.6 Å². The van der Waals surface area contributed by atoms with Gasteiger partial charge in [0.25, 0.3) is 0 Å². The van der Waals surface area contributed by atoms with Gasteiger partial charge in [-0.3, -0.25) is 0 Å². The molecule has 5 atom stereocenters. The number of pyridine rings is 1. The smallest absolute Gasteiger partial charge is 0.143 e. The lowest BCUT2D eigenvalue weighted by Crippen LogP contribution is -2.37. The number of aromatic nitrogens is 4. The van der Waals surface area contributed by atoms with Gasteiger partial charge in [0.1, 0.15) is 23.9 Å². The summed E-state index contributed by atoms with van der Waals surface area (Å²) in [4.78, 5) is 13.2. The average molecular weight is 524 g/mol. The predicted molar refractivity (Wildman–Crippen MR) is 132 cm³/mol. The van der Waals surface area contributed by atoms with Crippen LogP contribution in [0.3, 0.4) is 0 Å². The maximum absolute atomic E-state index is 11.1. The second-order valence-corrected chi connectivity index (χ2v) is 10.6. The van der Waals surface area contributed by atoms with E-state index in [9.17, 15) is 10.2 Å². The third-order valence-corrected chi connectivity index (χ3v) is 8.23. The van der Waals surface area contributed by atoms with Crippen molar-refractivity contribution in [3.63, 3.8) is 0 Å². The summed E-state index contributed by atoms with van der Waals surface area (Å²) >= 11 is 3.43. The van der Waals surface area contributed by atoms with Crippen molar-refractivity contribution in [3.8, 4) is 0 Å². The van der Waals surface area contributed by atoms with Crippen molar-refractivity contribution in [1.29, 1.82) is 0 Å². The van der Waals surface area contributed by atoms with Gasteiger partial charge >= 0.3 is 0 Å². The van der Waals surface area contributed by atoms with Crippen molar-refractivity contribution in [2.75, 3.05) is 12.3 Å². The second kappa shape index (κ2) is 7.98. The molecular formula is C25H26BrN5O3. The first-order chi connectivity index (χ1) is 16.3. The summed E-state index contributed by atoms with van der Waals surface area (Å²) in [5.41, 5.74) is 9.11. The molecule has 4 aromatic rings. The Morgan fingerprint density at radius 2 is 2.06 bits per heavy atom. The van der Waals surface area contributed by atoms with Crippen LogP contribution in [0.4, 0.5) is 5.82 Å². The van der Waals surface area contributed by atoms with E-state index in [0.29, 0.717) is 31.7 Å². The van der Waals surface area contributed by atoms with Crippen molar-refractivity contribution in [2.45, 2.75) is 50.5 Å². The predicted octanol–water partition coefficient (Wildman–Crippen LogP) is 3.32. The molecule has 1 saturated heterocycles. The molecule has 9 heteroatoms. The zero-order valence-corrected chi connectivity index (χ0v) is 20.3. The Morgan fingerprint density at radius 3 is 2.91 bits per heavy atom. The number of rotatable bonds is 3. The van der Waals surface area contributed by atoms with Crippen LogP contribution in [-0.2, 0) is 11.2 Å². The fourth-order valence-electron chi connectivity index (χ4n) is 5.78. The van der Waals surface area contributed by atoms with Gasteiger partial charge in [0.15, 0.2) is 0 Å². The van der Waals surface area contributed by atoms with Crippen LogP contribution < -0.4 is 5.73 Å². The molecule has 2 fully saturated rings. The number of aryl methyl sites for hydroxylation is 1. The van der Waals surface area contributed by atoms with Crippen molar-refractivity contribution >= 4 is 43.7 Å². The number of aliphatic hydroxyl groups excluding tert-OH is 2. The van der Waals surface area contributed by atoms with Crippen LogP contribution in [0.15, 0.2) is 47.3 Å². The molecule has 0 amide bonds. The van der Waals surface area contributed by atoms with E-state index in [0.717, 1.165) is 37.7 Å². The van der Waals surface area contributed by atoms with Crippen LogP contribution in [-0.4, -0.2) is 54.7 Å². The summed E-state index contributed by atoms with van der Waals surface area (Å²) in [5, 5.41) is 24.1. The quantitative estimate of drug-likeness (QED) is 0.376. The summed E-state index contributed by atoms with van der Waals surface area (Å²) in [5.74, 6) is 0.466. The molecule has 0 unspecified atom stereocenters. The van der Waals surface area contributed by atoms with E-state index in [2.05, 4.69) is 36.9 Å². The van der Waals surface area contributed by atoms with Crippen molar-refractivity contribution in [1.82, 2.24) is 19.5 Å². The molecule has 4 N–H and O–H groups in total. The molecule has 1 aliphatic heterocycles. The topological polar surface area (TPSA) is 119 Å². The Labute approximate surface area is 204 Å². The van der Waals surface area contributed by atoms with E-state index >= 15 is 0 Å². The maximum Gasteiger partial charge on any atom is 0.143 e. The number of anilines is 1. The minimum atomic E-state index is -0.889.